The quantitative estimate of drug-likeness (QED) is 0.0238. The second-order valence-corrected chi connectivity index (χ2v) is 25.0. The molecule has 0 spiro atoms. The molecule has 0 aliphatic carbocycles. The van der Waals surface area contributed by atoms with Gasteiger partial charge in [0.05, 0.1) is 25.3 Å². The molecule has 16 N–H and O–H groups in total. The third kappa shape index (κ3) is 22.1. The van der Waals surface area contributed by atoms with E-state index in [0.29, 0.717) is 44.2 Å². The zero-order valence-corrected chi connectivity index (χ0v) is 56.9. The molecule has 31 heteroatoms. The Morgan fingerprint density at radius 3 is 1.67 bits per heavy atom. The van der Waals surface area contributed by atoms with Gasteiger partial charge in [-0.25, -0.2) is 9.78 Å². The third-order valence-corrected chi connectivity index (χ3v) is 17.1. The van der Waals surface area contributed by atoms with Crippen LogP contribution in [0.3, 0.4) is 0 Å². The number of phenols is 1. The fourth-order valence-electron chi connectivity index (χ4n) is 10.9. The number of likely N-dealkylation sites (N-methyl/N-ethyl adjacent to an activating group) is 1. The molecule has 0 saturated carbocycles. The minimum absolute atomic E-state index is 0.0525. The van der Waals surface area contributed by atoms with E-state index < -0.39 is 156 Å². The van der Waals surface area contributed by atoms with Gasteiger partial charge in [-0.15, -0.1) is 0 Å². The predicted octanol–water partition coefficient (Wildman–Crippen LogP) is 0.507. The highest BCUT2D eigenvalue weighted by atomic mass is 32.1. The first-order chi connectivity index (χ1) is 47.7. The Morgan fingerprint density at radius 2 is 1.05 bits per heavy atom. The average molecular weight is 1410 g/mol. The van der Waals surface area contributed by atoms with Crippen LogP contribution in [0.2, 0.25) is 0 Å². The highest BCUT2D eigenvalue weighted by molar-refractivity contribution is 7.80. The first-order valence-corrected chi connectivity index (χ1v) is 33.2. The van der Waals surface area contributed by atoms with Crippen molar-refractivity contribution >= 4 is 118 Å². The smallest absolute Gasteiger partial charge is 0.326 e. The van der Waals surface area contributed by atoms with Crippen molar-refractivity contribution in [3.8, 4) is 5.75 Å². The third-order valence-electron chi connectivity index (χ3n) is 16.3. The topological polar surface area (TPSA) is 448 Å². The molecule has 0 fully saturated rings. The number of aliphatic carboxylic acids is 2. The maximum absolute atomic E-state index is 15.1. The second-order valence-electron chi connectivity index (χ2n) is 24.3. The number of imidazole rings is 1. The summed E-state index contributed by atoms with van der Waals surface area (Å²) < 4.78 is 0. The normalized spacial score (nSPS) is 14.2. The molecule has 10 atom stereocenters. The van der Waals surface area contributed by atoms with Gasteiger partial charge in [-0.1, -0.05) is 117 Å². The standard InChI is InChI=1S/C69H82N14O15S2/c1-37(2)59(82-65(93)52(28-43-31-72-49-20-11-10-19-47(43)49)79-64(92)53(30-58(86)87)76-60(88)38(3)74-61(89)48(70)34-99)67(95)81-56(35-100)66(94)77-50(25-40-21-23-45(84)24-22-40)62(90)78-51(27-42-17-12-16-41-15-8-9-18-46(41)42)63(91)80-54(29-44-32-71-36-73-44)68(96)83(4)33-57(85)75-55(69(97)98)26-39-13-6-5-7-14-39/h5-24,31-32,36-38,48,50-56,59,72,84,99-100H,25-30,33-35,70H2,1-4H3,(H,71,73)(H,74,89)(H,75,85)(H,76,88)(H,77,94)(H,78,90)(H,79,92)(H,80,91)(H,81,95)(H,82,93)(H,86,87)(H,97,98)/t38-,48-,50-,51-,52-,53-,54-,55-,56-,59-/m0/s1. The molecule has 10 amide bonds. The molecule has 0 unspecified atom stereocenters. The average Bonchev–Trinajstić information content (AvgIpc) is 1.41. The second kappa shape index (κ2) is 36.7. The molecule has 7 aromatic rings. The number of nitrogens with one attached hydrogen (secondary N) is 11. The molecule has 2 aromatic heterocycles. The van der Waals surface area contributed by atoms with Crippen LogP contribution in [0.4, 0.5) is 0 Å². The number of carboxylic acids is 2. The number of amides is 10. The highest BCUT2D eigenvalue weighted by Gasteiger charge is 2.37. The van der Waals surface area contributed by atoms with Crippen molar-refractivity contribution in [1.82, 2.24) is 67.7 Å². The van der Waals surface area contributed by atoms with Gasteiger partial charge in [0, 0.05) is 79.6 Å². The Kier molecular flexibility index (Phi) is 28.1. The predicted molar refractivity (Wildman–Crippen MR) is 375 cm³/mol. The molecule has 29 nitrogen and oxygen atoms in total. The van der Waals surface area contributed by atoms with Crippen LogP contribution >= 0.6 is 25.3 Å². The lowest BCUT2D eigenvalue weighted by molar-refractivity contribution is -0.143. The lowest BCUT2D eigenvalue weighted by Crippen LogP contribution is -2.62. The number of benzene rings is 5. The van der Waals surface area contributed by atoms with Crippen molar-refractivity contribution in [2.24, 2.45) is 11.7 Å². The number of hydrogen-bond donors (Lipinski definition) is 17. The Morgan fingerprint density at radius 1 is 0.510 bits per heavy atom. The number of aromatic hydroxyl groups is 1. The number of carbonyl (C=O) groups is 12. The summed E-state index contributed by atoms with van der Waals surface area (Å²) in [7, 11) is 1.30. The molecule has 0 radical (unpaired) electrons. The van der Waals surface area contributed by atoms with Gasteiger partial charge >= 0.3 is 11.9 Å². The van der Waals surface area contributed by atoms with Crippen molar-refractivity contribution in [3.05, 3.63) is 168 Å². The Bertz CT molecular complexity index is 4040. The molecule has 0 bridgehead atoms. The van der Waals surface area contributed by atoms with Crippen LogP contribution < -0.4 is 53.6 Å². The molecule has 0 aliphatic heterocycles. The number of aromatic amines is 2. The van der Waals surface area contributed by atoms with E-state index in [0.717, 1.165) is 10.3 Å². The number of rotatable bonds is 36. The number of thiol groups is 2. The van der Waals surface area contributed by atoms with Crippen LogP contribution in [0.25, 0.3) is 21.7 Å². The number of nitrogens with two attached hydrogens (primary N) is 1. The molecular formula is C69H82N14O15S2. The van der Waals surface area contributed by atoms with E-state index in [1.165, 1.54) is 50.8 Å². The lowest BCUT2D eigenvalue weighted by Gasteiger charge is -2.29. The number of aromatic nitrogens is 3. The summed E-state index contributed by atoms with van der Waals surface area (Å²) in [5.41, 5.74) is 8.93. The van der Waals surface area contributed by atoms with Gasteiger partial charge in [0.15, 0.2) is 0 Å². The van der Waals surface area contributed by atoms with Gasteiger partial charge in [0.1, 0.15) is 60.1 Å². The van der Waals surface area contributed by atoms with Crippen LogP contribution in [-0.2, 0) is 89.6 Å². The Hall–Kier alpha value is -10.8. The maximum Gasteiger partial charge on any atom is 0.326 e. The molecule has 0 aliphatic rings. The van der Waals surface area contributed by atoms with Crippen LogP contribution in [-0.4, -0.2) is 192 Å². The number of hydrogen-bond acceptors (Lipinski definition) is 17. The number of phenolic OH excluding ortho intramolecular Hbond substituents is 1. The number of H-pyrrole nitrogens is 2. The van der Waals surface area contributed by atoms with E-state index in [1.54, 1.807) is 92.8 Å². The Labute approximate surface area is 585 Å². The van der Waals surface area contributed by atoms with Crippen molar-refractivity contribution in [1.29, 1.82) is 0 Å². The Balaban J connectivity index is 1.13. The fourth-order valence-corrected chi connectivity index (χ4v) is 11.3. The number of carbonyl (C=O) groups excluding carboxylic acids is 10. The van der Waals surface area contributed by atoms with E-state index in [-0.39, 0.29) is 43.6 Å². The summed E-state index contributed by atoms with van der Waals surface area (Å²) in [5.74, 6) is -13.2. The summed E-state index contributed by atoms with van der Waals surface area (Å²) in [6, 6.07) is 19.3. The van der Waals surface area contributed by atoms with Gasteiger partial charge in [-0.05, 0) is 64.1 Å². The number of carboxylic acid groups (broad SMARTS) is 2. The number of para-hydroxylation sites is 1. The molecule has 100 heavy (non-hydrogen) atoms. The molecule has 7 rings (SSSR count). The fraction of sp³-hybridized carbons (Fsp3) is 0.348. The van der Waals surface area contributed by atoms with Crippen LogP contribution in [0.1, 0.15) is 55.1 Å². The van der Waals surface area contributed by atoms with E-state index >= 15 is 9.59 Å². The summed E-state index contributed by atoms with van der Waals surface area (Å²) in [6.45, 7) is 3.81. The van der Waals surface area contributed by atoms with Gasteiger partial charge < -0.3 is 83.8 Å². The minimum Gasteiger partial charge on any atom is -0.508 e. The van der Waals surface area contributed by atoms with Crippen molar-refractivity contribution < 1.29 is 72.9 Å². The SMILES string of the molecule is CC(C)[C@H](NC(=O)[C@H](Cc1c[nH]c2ccccc12)NC(=O)[C@H](CC(=O)O)NC(=O)[C@H](C)NC(=O)[C@@H](N)CS)C(=O)N[C@@H](CS)C(=O)N[C@@H](Cc1ccc(O)cc1)C(=O)N[C@@H](Cc1cccc2ccccc12)C(=O)N[C@@H](Cc1cnc[nH]1)C(=O)N(C)CC(=O)N[C@@H](Cc1ccccc1)C(=O)O. The minimum atomic E-state index is -1.80. The van der Waals surface area contributed by atoms with Gasteiger partial charge in [0.2, 0.25) is 59.1 Å². The monoisotopic (exact) mass is 1410 g/mol. The summed E-state index contributed by atoms with van der Waals surface area (Å²) in [5, 5.41) is 55.4. The number of nitrogens with zero attached hydrogens (tertiary/aromatic N) is 2. The molecule has 530 valence electrons. The molecule has 5 aromatic carbocycles. The molecular weight excluding hydrogens is 1330 g/mol. The summed E-state index contributed by atoms with van der Waals surface area (Å²) in [4.78, 5) is 177. The maximum atomic E-state index is 15.1. The van der Waals surface area contributed by atoms with Gasteiger partial charge in [0.25, 0.3) is 0 Å². The molecule has 0 saturated heterocycles. The lowest BCUT2D eigenvalue weighted by atomic mass is 9.97. The van der Waals surface area contributed by atoms with Crippen molar-refractivity contribution in [3.63, 3.8) is 0 Å². The van der Waals surface area contributed by atoms with E-state index in [4.69, 9.17) is 5.73 Å². The van der Waals surface area contributed by atoms with Crippen LogP contribution in [0.5, 0.6) is 5.75 Å². The van der Waals surface area contributed by atoms with E-state index in [9.17, 15) is 63.3 Å². The first-order valence-electron chi connectivity index (χ1n) is 31.9. The van der Waals surface area contributed by atoms with Crippen molar-refractivity contribution in [2.75, 3.05) is 25.1 Å². The van der Waals surface area contributed by atoms with E-state index in [2.05, 4.69) is 88.1 Å². The summed E-state index contributed by atoms with van der Waals surface area (Å²) >= 11 is 8.39. The van der Waals surface area contributed by atoms with Crippen LogP contribution in [0, 0.1) is 5.92 Å². The highest BCUT2D eigenvalue weighted by Crippen LogP contribution is 2.23. The van der Waals surface area contributed by atoms with Crippen molar-refractivity contribution in [2.45, 2.75) is 120 Å². The van der Waals surface area contributed by atoms with Gasteiger partial charge in [-0.2, -0.15) is 25.3 Å². The van der Waals surface area contributed by atoms with Gasteiger partial charge in [-0.3, -0.25) is 52.7 Å². The summed E-state index contributed by atoms with van der Waals surface area (Å²) in [6.07, 6.45) is 2.42. The van der Waals surface area contributed by atoms with E-state index in [1.807, 2.05) is 24.3 Å². The largest absolute Gasteiger partial charge is 0.508 e. The zero-order valence-electron chi connectivity index (χ0n) is 55.1. The first kappa shape index (κ1) is 76.6. The molecule has 2 heterocycles. The number of fused-ring (bicyclic) bond motifs is 2. The van der Waals surface area contributed by atoms with Crippen LogP contribution in [0.15, 0.2) is 140 Å². The zero-order chi connectivity index (χ0) is 72.7.